The Morgan fingerprint density at radius 3 is 2.83 bits per heavy atom. The quantitative estimate of drug-likeness (QED) is 0.738. The van der Waals surface area contributed by atoms with Gasteiger partial charge in [-0.1, -0.05) is 17.7 Å². The van der Waals surface area contributed by atoms with Crippen molar-refractivity contribution in [1.82, 2.24) is 24.6 Å². The molecule has 0 fully saturated rings. The molecule has 1 aromatic carbocycles. The van der Waals surface area contributed by atoms with Gasteiger partial charge < -0.3 is 4.90 Å². The first-order valence-electron chi connectivity index (χ1n) is 6.80. The smallest absolute Gasteiger partial charge is 0.243 e. The van der Waals surface area contributed by atoms with Crippen LogP contribution < -0.4 is 0 Å². The highest BCUT2D eigenvalue weighted by atomic mass is 35.5. The van der Waals surface area contributed by atoms with Crippen molar-refractivity contribution in [2.45, 2.75) is 6.54 Å². The van der Waals surface area contributed by atoms with Gasteiger partial charge in [-0.25, -0.2) is 19.0 Å². The van der Waals surface area contributed by atoms with Crippen molar-refractivity contribution in [3.8, 4) is 11.3 Å². The van der Waals surface area contributed by atoms with Crippen LogP contribution in [0.15, 0.2) is 30.6 Å². The van der Waals surface area contributed by atoms with Crippen LogP contribution in [0.3, 0.4) is 0 Å². The zero-order valence-corrected chi connectivity index (χ0v) is 13.3. The Morgan fingerprint density at radius 2 is 2.13 bits per heavy atom. The number of carbonyl (C=O) groups excluding carboxylic acids is 1. The van der Waals surface area contributed by atoms with Crippen LogP contribution in [0.4, 0.5) is 4.39 Å². The molecule has 0 radical (unpaired) electrons. The predicted octanol–water partition coefficient (Wildman–Crippen LogP) is 2.37. The van der Waals surface area contributed by atoms with E-state index in [0.717, 1.165) is 0 Å². The Hall–Kier alpha value is -2.54. The minimum atomic E-state index is -0.526. The third-order valence-electron chi connectivity index (χ3n) is 3.34. The van der Waals surface area contributed by atoms with Crippen molar-refractivity contribution < 1.29 is 9.18 Å². The van der Waals surface area contributed by atoms with Gasteiger partial charge in [0.2, 0.25) is 5.91 Å². The van der Waals surface area contributed by atoms with Crippen molar-refractivity contribution in [2.24, 2.45) is 0 Å². The number of fused-ring (bicyclic) bond motifs is 1. The second-order valence-electron chi connectivity index (χ2n) is 5.18. The molecule has 8 heteroatoms. The normalized spacial score (nSPS) is 11.0. The van der Waals surface area contributed by atoms with E-state index >= 15 is 0 Å². The third kappa shape index (κ3) is 3.00. The summed E-state index contributed by atoms with van der Waals surface area (Å²) in [5.41, 5.74) is 2.06. The molecule has 6 nitrogen and oxygen atoms in total. The average molecular weight is 334 g/mol. The van der Waals surface area contributed by atoms with Crippen molar-refractivity contribution >= 4 is 28.7 Å². The Morgan fingerprint density at radius 1 is 1.35 bits per heavy atom. The first kappa shape index (κ1) is 15.4. The highest BCUT2D eigenvalue weighted by Gasteiger charge is 2.13. The lowest BCUT2D eigenvalue weighted by molar-refractivity contribution is -0.129. The van der Waals surface area contributed by atoms with Gasteiger partial charge in [0.15, 0.2) is 5.65 Å². The Kier molecular flexibility index (Phi) is 3.96. The van der Waals surface area contributed by atoms with E-state index in [-0.39, 0.29) is 17.5 Å². The van der Waals surface area contributed by atoms with Crippen LogP contribution in [0, 0.1) is 5.82 Å². The van der Waals surface area contributed by atoms with Crippen LogP contribution in [0.2, 0.25) is 5.02 Å². The molecule has 3 rings (SSSR count). The van der Waals surface area contributed by atoms with E-state index in [1.165, 1.54) is 34.1 Å². The van der Waals surface area contributed by atoms with Gasteiger partial charge in [-0.2, -0.15) is 5.10 Å². The van der Waals surface area contributed by atoms with E-state index in [9.17, 15) is 9.18 Å². The van der Waals surface area contributed by atoms with E-state index in [1.807, 2.05) is 0 Å². The summed E-state index contributed by atoms with van der Waals surface area (Å²) in [6.07, 6.45) is 3.07. The summed E-state index contributed by atoms with van der Waals surface area (Å²) >= 11 is 5.69. The maximum Gasteiger partial charge on any atom is 0.243 e. The van der Waals surface area contributed by atoms with E-state index in [4.69, 9.17) is 11.6 Å². The molecule has 0 spiro atoms. The van der Waals surface area contributed by atoms with Gasteiger partial charge in [-0.3, -0.25) is 4.79 Å². The van der Waals surface area contributed by atoms with Gasteiger partial charge in [-0.15, -0.1) is 0 Å². The Bertz CT molecular complexity index is 893. The molecule has 0 aliphatic rings. The summed E-state index contributed by atoms with van der Waals surface area (Å²) in [4.78, 5) is 22.0. The SMILES string of the molecule is CN(C)C(=O)Cn1ncc2ncc(-c3ccc(Cl)c(F)c3)nc21. The second-order valence-corrected chi connectivity index (χ2v) is 5.59. The zero-order chi connectivity index (χ0) is 16.6. The maximum absolute atomic E-state index is 13.6. The number of rotatable bonds is 3. The standard InChI is InChI=1S/C15H13ClFN5O/c1-21(2)14(23)8-22-15-13(7-19-22)18-6-12(20-15)9-3-4-10(16)11(17)5-9/h3-7H,8H2,1-2H3. The van der Waals surface area contributed by atoms with E-state index in [1.54, 1.807) is 20.2 Å². The molecule has 0 N–H and O–H groups in total. The van der Waals surface area contributed by atoms with Crippen molar-refractivity contribution in [2.75, 3.05) is 14.1 Å². The number of benzene rings is 1. The fourth-order valence-corrected chi connectivity index (χ4v) is 2.15. The van der Waals surface area contributed by atoms with E-state index in [0.29, 0.717) is 22.4 Å². The first-order valence-corrected chi connectivity index (χ1v) is 7.17. The summed E-state index contributed by atoms with van der Waals surface area (Å²) < 4.78 is 15.1. The fraction of sp³-hybridized carbons (Fsp3) is 0.200. The molecule has 0 unspecified atom stereocenters. The number of nitrogens with zero attached hydrogens (tertiary/aromatic N) is 5. The molecule has 0 bridgehead atoms. The van der Waals surface area contributed by atoms with Gasteiger partial charge in [0.1, 0.15) is 17.9 Å². The van der Waals surface area contributed by atoms with Crippen LogP contribution in [0.25, 0.3) is 22.4 Å². The van der Waals surface area contributed by atoms with Gasteiger partial charge in [-0.05, 0) is 12.1 Å². The van der Waals surface area contributed by atoms with Crippen molar-refractivity contribution in [3.05, 3.63) is 41.4 Å². The molecule has 1 amide bonds. The number of amides is 1. The highest BCUT2D eigenvalue weighted by molar-refractivity contribution is 6.30. The summed E-state index contributed by atoms with van der Waals surface area (Å²) in [6.45, 7) is 0.0591. The molecule has 0 aliphatic carbocycles. The average Bonchev–Trinajstić information content (AvgIpc) is 2.92. The molecular weight excluding hydrogens is 321 g/mol. The van der Waals surface area contributed by atoms with Gasteiger partial charge in [0, 0.05) is 19.7 Å². The minimum absolute atomic E-state index is 0.0457. The molecule has 23 heavy (non-hydrogen) atoms. The van der Waals surface area contributed by atoms with Crippen LogP contribution >= 0.6 is 11.6 Å². The Balaban J connectivity index is 2.03. The summed E-state index contributed by atoms with van der Waals surface area (Å²) in [7, 11) is 3.34. The first-order chi connectivity index (χ1) is 11.0. The topological polar surface area (TPSA) is 63.9 Å². The maximum atomic E-state index is 13.6. The largest absolute Gasteiger partial charge is 0.347 e. The van der Waals surface area contributed by atoms with Gasteiger partial charge in [0.25, 0.3) is 0 Å². The Labute approximate surface area is 136 Å². The molecule has 2 aromatic heterocycles. The predicted molar refractivity (Wildman–Crippen MR) is 84.4 cm³/mol. The molecule has 0 aliphatic heterocycles. The lowest BCUT2D eigenvalue weighted by Crippen LogP contribution is -2.26. The van der Waals surface area contributed by atoms with Crippen molar-refractivity contribution in [3.63, 3.8) is 0 Å². The summed E-state index contributed by atoms with van der Waals surface area (Å²) in [5.74, 6) is -0.637. The number of hydrogen-bond donors (Lipinski definition) is 0. The molecule has 3 aromatic rings. The second kappa shape index (κ2) is 5.92. The minimum Gasteiger partial charge on any atom is -0.347 e. The molecular formula is C15H13ClFN5O. The molecule has 0 saturated heterocycles. The third-order valence-corrected chi connectivity index (χ3v) is 3.65. The number of likely N-dealkylation sites (N-methyl/N-ethyl adjacent to an activating group) is 1. The van der Waals surface area contributed by atoms with E-state index < -0.39 is 5.82 Å². The van der Waals surface area contributed by atoms with Crippen LogP contribution in [0.5, 0.6) is 0 Å². The number of carbonyl (C=O) groups is 1. The molecule has 118 valence electrons. The van der Waals surface area contributed by atoms with Gasteiger partial charge >= 0.3 is 0 Å². The molecule has 0 saturated carbocycles. The number of halogens is 2. The van der Waals surface area contributed by atoms with Crippen LogP contribution in [-0.2, 0) is 11.3 Å². The highest BCUT2D eigenvalue weighted by Crippen LogP contribution is 2.23. The van der Waals surface area contributed by atoms with Gasteiger partial charge in [0.05, 0.1) is 23.1 Å². The van der Waals surface area contributed by atoms with Crippen LogP contribution in [-0.4, -0.2) is 44.7 Å². The lowest BCUT2D eigenvalue weighted by atomic mass is 10.1. The monoisotopic (exact) mass is 333 g/mol. The lowest BCUT2D eigenvalue weighted by Gasteiger charge is -2.10. The van der Waals surface area contributed by atoms with E-state index in [2.05, 4.69) is 15.1 Å². The fourth-order valence-electron chi connectivity index (χ4n) is 2.03. The molecule has 2 heterocycles. The summed E-state index contributed by atoms with van der Waals surface area (Å²) in [6, 6.07) is 4.42. The van der Waals surface area contributed by atoms with Crippen LogP contribution in [0.1, 0.15) is 0 Å². The van der Waals surface area contributed by atoms with Crippen molar-refractivity contribution in [1.29, 1.82) is 0 Å². The zero-order valence-electron chi connectivity index (χ0n) is 12.5. The number of hydrogen-bond acceptors (Lipinski definition) is 4. The summed E-state index contributed by atoms with van der Waals surface area (Å²) in [5, 5.41) is 4.18. The number of aromatic nitrogens is 4. The molecule has 0 atom stereocenters.